The lowest BCUT2D eigenvalue weighted by Crippen LogP contribution is -2.06. The molecule has 0 aliphatic rings. The predicted octanol–water partition coefficient (Wildman–Crippen LogP) is 4.56. The van der Waals surface area contributed by atoms with E-state index in [0.29, 0.717) is 0 Å². The van der Waals surface area contributed by atoms with Crippen LogP contribution in [-0.2, 0) is 0 Å². The van der Waals surface area contributed by atoms with Crippen molar-refractivity contribution >= 4 is 23.4 Å². The summed E-state index contributed by atoms with van der Waals surface area (Å²) in [5.41, 5.74) is 0. The van der Waals surface area contributed by atoms with E-state index in [1.807, 2.05) is 0 Å². The van der Waals surface area contributed by atoms with Crippen LogP contribution in [0.4, 0.5) is 0 Å². The third-order valence-electron chi connectivity index (χ3n) is 2.35. The van der Waals surface area contributed by atoms with Crippen molar-refractivity contribution in [2.75, 3.05) is 11.6 Å². The molecule has 0 aromatic heterocycles. The Morgan fingerprint density at radius 1 is 1.00 bits per heavy atom. The second kappa shape index (κ2) is 9.21. The molecule has 1 atom stereocenters. The molecule has 0 saturated heterocycles. The van der Waals surface area contributed by atoms with Gasteiger partial charge in [0.15, 0.2) is 0 Å². The minimum atomic E-state index is 0.813. The molecule has 0 bridgehead atoms. The summed E-state index contributed by atoms with van der Waals surface area (Å²) in [5.74, 6) is 2.96. The summed E-state index contributed by atoms with van der Waals surface area (Å²) < 4.78 is 0. The van der Waals surface area contributed by atoms with Crippen LogP contribution in [0, 0.1) is 5.92 Å². The van der Waals surface area contributed by atoms with E-state index in [1.54, 1.807) is 0 Å². The maximum absolute atomic E-state index is 5.60. The number of unbranched alkanes of at least 4 members (excludes halogenated alkanes) is 3. The zero-order valence-corrected chi connectivity index (χ0v) is 10.8. The second-order valence-corrected chi connectivity index (χ2v) is 5.79. The average molecular weight is 223 g/mol. The van der Waals surface area contributed by atoms with Gasteiger partial charge in [-0.3, -0.25) is 0 Å². The van der Waals surface area contributed by atoms with E-state index in [4.69, 9.17) is 11.6 Å². The lowest BCUT2D eigenvalue weighted by Gasteiger charge is -2.14. The number of alkyl halides is 1. The number of hydrogen-bond donors (Lipinski definition) is 0. The highest BCUT2D eigenvalue weighted by Crippen LogP contribution is 2.20. The molecule has 0 aromatic rings. The number of rotatable bonds is 8. The van der Waals surface area contributed by atoms with Crippen LogP contribution in [0.3, 0.4) is 0 Å². The molecule has 80 valence electrons. The van der Waals surface area contributed by atoms with Gasteiger partial charge in [-0.25, -0.2) is 0 Å². The first-order valence-electron chi connectivity index (χ1n) is 5.36. The van der Waals surface area contributed by atoms with Gasteiger partial charge >= 0.3 is 0 Å². The van der Waals surface area contributed by atoms with E-state index in [0.717, 1.165) is 17.0 Å². The number of halogens is 1. The minimum Gasteiger partial charge on any atom is -0.159 e. The third-order valence-corrected chi connectivity index (χ3v) is 4.21. The number of hydrogen-bond acceptors (Lipinski definition) is 1. The van der Waals surface area contributed by atoms with Crippen LogP contribution >= 0.6 is 23.4 Å². The fraction of sp³-hybridized carbons (Fsp3) is 1.00. The molecule has 0 fully saturated rings. The Morgan fingerprint density at radius 3 is 2.15 bits per heavy atom. The van der Waals surface area contributed by atoms with Gasteiger partial charge in [-0.2, -0.15) is 11.8 Å². The lowest BCUT2D eigenvalue weighted by atomic mass is 10.2. The van der Waals surface area contributed by atoms with Crippen molar-refractivity contribution in [2.45, 2.75) is 51.7 Å². The topological polar surface area (TPSA) is 0 Å². The molecule has 0 aliphatic carbocycles. The standard InChI is InChI=1S/C11H23ClS/c1-10(2)11(3)13-9-7-5-4-6-8-12/h10-11H,4-9H2,1-3H3. The first-order chi connectivity index (χ1) is 6.18. The van der Waals surface area contributed by atoms with Crippen LogP contribution in [0.25, 0.3) is 0 Å². The summed E-state index contributed by atoms with van der Waals surface area (Å²) in [5, 5.41) is 0.813. The van der Waals surface area contributed by atoms with E-state index in [2.05, 4.69) is 32.5 Å². The van der Waals surface area contributed by atoms with E-state index < -0.39 is 0 Å². The van der Waals surface area contributed by atoms with E-state index >= 15 is 0 Å². The van der Waals surface area contributed by atoms with Crippen molar-refractivity contribution < 1.29 is 0 Å². The van der Waals surface area contributed by atoms with Gasteiger partial charge in [0.1, 0.15) is 0 Å². The molecule has 0 rings (SSSR count). The smallest absolute Gasteiger partial charge is 0.0223 e. The first kappa shape index (κ1) is 13.6. The number of thioether (sulfide) groups is 1. The maximum Gasteiger partial charge on any atom is 0.0223 e. The Bertz CT molecular complexity index is 104. The fourth-order valence-electron chi connectivity index (χ4n) is 1.01. The molecule has 0 aliphatic heterocycles. The molecule has 0 radical (unpaired) electrons. The average Bonchev–Trinajstić information content (AvgIpc) is 2.10. The van der Waals surface area contributed by atoms with Crippen LogP contribution in [0.5, 0.6) is 0 Å². The highest BCUT2D eigenvalue weighted by atomic mass is 35.5. The molecule has 0 N–H and O–H groups in total. The van der Waals surface area contributed by atoms with Gasteiger partial charge < -0.3 is 0 Å². The third kappa shape index (κ3) is 8.96. The summed E-state index contributed by atoms with van der Waals surface area (Å²) in [7, 11) is 0. The second-order valence-electron chi connectivity index (χ2n) is 3.92. The van der Waals surface area contributed by atoms with Crippen molar-refractivity contribution in [1.82, 2.24) is 0 Å². The molecule has 0 amide bonds. The Labute approximate surface area is 92.8 Å². The normalized spacial score (nSPS) is 13.6. The minimum absolute atomic E-state index is 0.813. The highest BCUT2D eigenvalue weighted by Gasteiger charge is 2.05. The zero-order valence-electron chi connectivity index (χ0n) is 9.18. The summed E-state index contributed by atoms with van der Waals surface area (Å²) in [6.07, 6.45) is 5.20. The Hall–Kier alpha value is 0.640. The maximum atomic E-state index is 5.60. The molecular formula is C11H23ClS. The highest BCUT2D eigenvalue weighted by molar-refractivity contribution is 7.99. The van der Waals surface area contributed by atoms with Gasteiger partial charge in [-0.1, -0.05) is 33.6 Å². The van der Waals surface area contributed by atoms with Crippen molar-refractivity contribution in [3.63, 3.8) is 0 Å². The van der Waals surface area contributed by atoms with Gasteiger partial charge in [0, 0.05) is 11.1 Å². The van der Waals surface area contributed by atoms with Gasteiger partial charge in [0.25, 0.3) is 0 Å². The summed E-state index contributed by atoms with van der Waals surface area (Å²) in [6.45, 7) is 6.92. The SMILES string of the molecule is CC(C)C(C)SCCCCCCCl. The van der Waals surface area contributed by atoms with Gasteiger partial charge in [0.2, 0.25) is 0 Å². The van der Waals surface area contributed by atoms with E-state index in [1.165, 1.54) is 31.4 Å². The largest absolute Gasteiger partial charge is 0.159 e. The summed E-state index contributed by atoms with van der Waals surface area (Å²) in [6, 6.07) is 0. The Kier molecular flexibility index (Phi) is 9.66. The van der Waals surface area contributed by atoms with Gasteiger partial charge in [0.05, 0.1) is 0 Å². The van der Waals surface area contributed by atoms with Crippen LogP contribution in [-0.4, -0.2) is 16.9 Å². The van der Waals surface area contributed by atoms with E-state index in [-0.39, 0.29) is 0 Å². The molecule has 0 heterocycles. The predicted molar refractivity (Wildman–Crippen MR) is 65.9 cm³/mol. The van der Waals surface area contributed by atoms with Crippen LogP contribution in [0.2, 0.25) is 0 Å². The quantitative estimate of drug-likeness (QED) is 0.429. The van der Waals surface area contributed by atoms with Crippen molar-refractivity contribution in [2.24, 2.45) is 5.92 Å². The van der Waals surface area contributed by atoms with Crippen molar-refractivity contribution in [3.8, 4) is 0 Å². The fourth-order valence-corrected chi connectivity index (χ4v) is 2.33. The first-order valence-corrected chi connectivity index (χ1v) is 6.94. The Morgan fingerprint density at radius 2 is 1.62 bits per heavy atom. The van der Waals surface area contributed by atoms with Gasteiger partial charge in [-0.05, 0) is 24.5 Å². The molecule has 0 aromatic carbocycles. The molecule has 0 spiro atoms. The van der Waals surface area contributed by atoms with Crippen LogP contribution < -0.4 is 0 Å². The molecule has 2 heteroatoms. The summed E-state index contributed by atoms with van der Waals surface area (Å²) >= 11 is 7.71. The van der Waals surface area contributed by atoms with Crippen LogP contribution in [0.15, 0.2) is 0 Å². The van der Waals surface area contributed by atoms with Crippen LogP contribution in [0.1, 0.15) is 46.5 Å². The molecule has 1 unspecified atom stereocenters. The Balaban J connectivity index is 3.07. The van der Waals surface area contributed by atoms with Crippen molar-refractivity contribution in [1.29, 1.82) is 0 Å². The molecular weight excluding hydrogens is 200 g/mol. The lowest BCUT2D eigenvalue weighted by molar-refractivity contribution is 0.640. The molecule has 0 saturated carbocycles. The van der Waals surface area contributed by atoms with Crippen molar-refractivity contribution in [3.05, 3.63) is 0 Å². The van der Waals surface area contributed by atoms with E-state index in [9.17, 15) is 0 Å². The monoisotopic (exact) mass is 222 g/mol. The summed E-state index contributed by atoms with van der Waals surface area (Å²) in [4.78, 5) is 0. The van der Waals surface area contributed by atoms with Gasteiger partial charge in [-0.15, -0.1) is 11.6 Å². The zero-order chi connectivity index (χ0) is 10.1. The molecule has 0 nitrogen and oxygen atoms in total. The molecule has 13 heavy (non-hydrogen) atoms.